The van der Waals surface area contributed by atoms with E-state index in [4.69, 9.17) is 11.6 Å². The van der Waals surface area contributed by atoms with E-state index < -0.39 is 17.5 Å². The highest BCUT2D eigenvalue weighted by Gasteiger charge is 2.06. The van der Waals surface area contributed by atoms with Crippen LogP contribution in [0, 0.1) is 17.5 Å². The monoisotopic (exact) mass is 288 g/mol. The summed E-state index contributed by atoms with van der Waals surface area (Å²) in [5, 5.41) is 0.0274. The molecule has 0 aliphatic rings. The van der Waals surface area contributed by atoms with Crippen molar-refractivity contribution < 1.29 is 13.2 Å². The van der Waals surface area contributed by atoms with E-state index in [1.165, 1.54) is 36.0 Å². The zero-order valence-corrected chi connectivity index (χ0v) is 10.7. The molecule has 0 amide bonds. The fourth-order valence-corrected chi connectivity index (χ4v) is 2.53. The lowest BCUT2D eigenvalue weighted by Crippen LogP contribution is -1.89. The third-order valence-electron chi connectivity index (χ3n) is 2.30. The van der Waals surface area contributed by atoms with Crippen molar-refractivity contribution in [2.45, 2.75) is 10.6 Å². The Hall–Kier alpha value is -1.13. The van der Waals surface area contributed by atoms with Gasteiger partial charge in [0.15, 0.2) is 0 Å². The summed E-state index contributed by atoms with van der Waals surface area (Å²) in [5.41, 5.74) is 0.391. The van der Waals surface area contributed by atoms with Crippen LogP contribution >= 0.6 is 23.4 Å². The van der Waals surface area contributed by atoms with Crippen molar-refractivity contribution in [3.05, 3.63) is 64.4 Å². The Morgan fingerprint density at radius 2 is 1.72 bits per heavy atom. The SMILES string of the molecule is Fc1ccc(CSc2ccc(F)c(Cl)c2)c(F)c1. The first kappa shape index (κ1) is 13.3. The highest BCUT2D eigenvalue weighted by atomic mass is 35.5. The molecule has 0 fully saturated rings. The van der Waals surface area contributed by atoms with Crippen molar-refractivity contribution in [1.82, 2.24) is 0 Å². The molecule has 5 heteroatoms. The minimum Gasteiger partial charge on any atom is -0.207 e. The van der Waals surface area contributed by atoms with Crippen LogP contribution in [0.3, 0.4) is 0 Å². The minimum absolute atomic E-state index is 0.0274. The maximum absolute atomic E-state index is 13.4. The Kier molecular flexibility index (Phi) is 4.19. The molecule has 0 N–H and O–H groups in total. The third kappa shape index (κ3) is 3.21. The molecule has 0 aromatic heterocycles. The lowest BCUT2D eigenvalue weighted by atomic mass is 10.2. The van der Waals surface area contributed by atoms with Crippen molar-refractivity contribution in [1.29, 1.82) is 0 Å². The average Bonchev–Trinajstić information content (AvgIpc) is 2.32. The Bertz CT molecular complexity index is 572. The molecule has 0 bridgehead atoms. The molecule has 0 aliphatic heterocycles. The van der Waals surface area contributed by atoms with Crippen molar-refractivity contribution in [3.63, 3.8) is 0 Å². The predicted octanol–water partition coefficient (Wildman–Crippen LogP) is 5.05. The van der Waals surface area contributed by atoms with Crippen LogP contribution in [0.25, 0.3) is 0 Å². The fourth-order valence-electron chi connectivity index (χ4n) is 1.37. The molecular weight excluding hydrogens is 281 g/mol. The van der Waals surface area contributed by atoms with Gasteiger partial charge in [-0.25, -0.2) is 13.2 Å². The van der Waals surface area contributed by atoms with Gasteiger partial charge >= 0.3 is 0 Å². The summed E-state index contributed by atoms with van der Waals surface area (Å²) in [5.74, 6) is -1.36. The molecule has 0 aliphatic carbocycles. The number of hydrogen-bond acceptors (Lipinski definition) is 1. The molecular formula is C13H8ClF3S. The van der Waals surface area contributed by atoms with Crippen LogP contribution in [0.1, 0.15) is 5.56 Å². The molecule has 0 nitrogen and oxygen atoms in total. The van der Waals surface area contributed by atoms with E-state index >= 15 is 0 Å². The normalized spacial score (nSPS) is 10.7. The van der Waals surface area contributed by atoms with Gasteiger partial charge in [0.1, 0.15) is 17.5 Å². The summed E-state index contributed by atoms with van der Waals surface area (Å²) in [6.07, 6.45) is 0. The van der Waals surface area contributed by atoms with Gasteiger partial charge in [0.25, 0.3) is 0 Å². The van der Waals surface area contributed by atoms with Crippen molar-refractivity contribution >= 4 is 23.4 Å². The van der Waals surface area contributed by atoms with Crippen LogP contribution in [-0.4, -0.2) is 0 Å². The van der Waals surface area contributed by atoms with E-state index in [0.29, 0.717) is 11.3 Å². The first-order valence-electron chi connectivity index (χ1n) is 5.08. The first-order valence-corrected chi connectivity index (χ1v) is 6.44. The maximum atomic E-state index is 13.4. The number of rotatable bonds is 3. The van der Waals surface area contributed by atoms with E-state index in [1.807, 2.05) is 0 Å². The van der Waals surface area contributed by atoms with Crippen LogP contribution in [0.5, 0.6) is 0 Å². The summed E-state index contributed by atoms with van der Waals surface area (Å²) >= 11 is 6.94. The van der Waals surface area contributed by atoms with E-state index in [-0.39, 0.29) is 5.02 Å². The Balaban J connectivity index is 2.09. The molecule has 2 aromatic carbocycles. The van der Waals surface area contributed by atoms with E-state index in [0.717, 1.165) is 11.0 Å². The highest BCUT2D eigenvalue weighted by molar-refractivity contribution is 7.98. The molecule has 94 valence electrons. The van der Waals surface area contributed by atoms with E-state index in [2.05, 4.69) is 0 Å². The topological polar surface area (TPSA) is 0 Å². The molecule has 0 saturated heterocycles. The van der Waals surface area contributed by atoms with Gasteiger partial charge in [-0.15, -0.1) is 11.8 Å². The second-order valence-electron chi connectivity index (χ2n) is 3.60. The average molecular weight is 289 g/mol. The predicted molar refractivity (Wildman–Crippen MR) is 67.3 cm³/mol. The summed E-state index contributed by atoms with van der Waals surface area (Å²) in [7, 11) is 0. The number of hydrogen-bond donors (Lipinski definition) is 0. The minimum atomic E-state index is -0.605. The van der Waals surface area contributed by atoms with Gasteiger partial charge in [0.05, 0.1) is 5.02 Å². The maximum Gasteiger partial charge on any atom is 0.141 e. The van der Waals surface area contributed by atoms with Crippen LogP contribution in [0.2, 0.25) is 5.02 Å². The van der Waals surface area contributed by atoms with Gasteiger partial charge in [-0.3, -0.25) is 0 Å². The lowest BCUT2D eigenvalue weighted by Gasteiger charge is -2.04. The van der Waals surface area contributed by atoms with E-state index in [1.54, 1.807) is 6.07 Å². The lowest BCUT2D eigenvalue weighted by molar-refractivity contribution is 0.576. The molecule has 0 atom stereocenters. The standard InChI is InChI=1S/C13H8ClF3S/c14-11-6-10(3-4-12(11)16)18-7-8-1-2-9(15)5-13(8)17/h1-6H,7H2. The summed E-state index contributed by atoms with van der Waals surface area (Å²) in [6.45, 7) is 0. The van der Waals surface area contributed by atoms with Crippen LogP contribution in [0.4, 0.5) is 13.2 Å². The van der Waals surface area contributed by atoms with Crippen molar-refractivity contribution in [3.8, 4) is 0 Å². The Morgan fingerprint density at radius 3 is 2.39 bits per heavy atom. The second kappa shape index (κ2) is 5.67. The largest absolute Gasteiger partial charge is 0.207 e. The summed E-state index contributed by atoms with van der Waals surface area (Å²) in [6, 6.07) is 7.73. The summed E-state index contributed by atoms with van der Waals surface area (Å²) in [4.78, 5) is 0.727. The fraction of sp³-hybridized carbons (Fsp3) is 0.0769. The van der Waals surface area contributed by atoms with Gasteiger partial charge < -0.3 is 0 Å². The molecule has 2 aromatic rings. The van der Waals surface area contributed by atoms with Gasteiger partial charge in [0.2, 0.25) is 0 Å². The smallest absolute Gasteiger partial charge is 0.141 e. The molecule has 18 heavy (non-hydrogen) atoms. The van der Waals surface area contributed by atoms with Gasteiger partial charge in [-0.1, -0.05) is 17.7 Å². The molecule has 2 rings (SSSR count). The second-order valence-corrected chi connectivity index (χ2v) is 5.06. The quantitative estimate of drug-likeness (QED) is 0.712. The molecule has 0 saturated carbocycles. The van der Waals surface area contributed by atoms with Crippen molar-refractivity contribution in [2.24, 2.45) is 0 Å². The van der Waals surface area contributed by atoms with Crippen LogP contribution in [0.15, 0.2) is 41.3 Å². The van der Waals surface area contributed by atoms with Crippen LogP contribution in [-0.2, 0) is 5.75 Å². The van der Waals surface area contributed by atoms with Gasteiger partial charge in [-0.2, -0.15) is 0 Å². The molecule has 0 heterocycles. The zero-order valence-electron chi connectivity index (χ0n) is 9.09. The molecule has 0 spiro atoms. The Morgan fingerprint density at radius 1 is 0.944 bits per heavy atom. The zero-order chi connectivity index (χ0) is 13.1. The van der Waals surface area contributed by atoms with Crippen LogP contribution < -0.4 is 0 Å². The third-order valence-corrected chi connectivity index (χ3v) is 3.63. The van der Waals surface area contributed by atoms with Crippen molar-refractivity contribution in [2.75, 3.05) is 0 Å². The van der Waals surface area contributed by atoms with E-state index in [9.17, 15) is 13.2 Å². The highest BCUT2D eigenvalue weighted by Crippen LogP contribution is 2.27. The Labute approximate surface area is 112 Å². The summed E-state index contributed by atoms with van der Waals surface area (Å²) < 4.78 is 39.0. The van der Waals surface area contributed by atoms with Gasteiger partial charge in [0, 0.05) is 16.7 Å². The molecule has 0 unspecified atom stereocenters. The number of halogens is 4. The number of benzene rings is 2. The van der Waals surface area contributed by atoms with Gasteiger partial charge in [-0.05, 0) is 29.8 Å². The molecule has 0 radical (unpaired) electrons. The number of thioether (sulfide) groups is 1. The first-order chi connectivity index (χ1) is 8.56.